The summed E-state index contributed by atoms with van der Waals surface area (Å²) in [6.07, 6.45) is 1.84. The first-order chi connectivity index (χ1) is 25.9. The van der Waals surface area contributed by atoms with Gasteiger partial charge in [-0.1, -0.05) is 76.9 Å². The average Bonchev–Trinajstić information content (AvgIpc) is 3.82. The van der Waals surface area contributed by atoms with Crippen LogP contribution in [0.25, 0.3) is 0 Å². The van der Waals surface area contributed by atoms with E-state index in [0.29, 0.717) is 24.3 Å². The number of ether oxygens (including phenoxy) is 5. The standard InChI is InChI=1S/C42H62ClN3O10/c1-24-15-14-16-31(53-13)42(51)23-30(54-38(50)44-42)25(2)36-41(9,56-36)32(22-34(48)46(11)28-20-27(19-24)21-29(52-12)35(28)43)55-37(49)26(3)45(10)33(47)17-18-40(7,8)39(4,5)6/h14-16,20-21,25-26,30-32,36,51H,17-19,22-23H2,1-13H3,(H,44,50)/b16-14+,24-15+/t25-,26+,30+,31-,32+,36+,41-,42+/m1/s1. The number of nitrogens with one attached hydrogen (secondary N) is 1. The Bertz CT molecular complexity index is 1720. The molecule has 0 radical (unpaired) electrons. The first-order valence-electron chi connectivity index (χ1n) is 19.2. The van der Waals surface area contributed by atoms with Crippen molar-refractivity contribution in [2.24, 2.45) is 16.7 Å². The molecule has 14 heteroatoms. The number of halogens is 1. The molecule has 3 aliphatic rings. The van der Waals surface area contributed by atoms with Crippen LogP contribution >= 0.6 is 11.6 Å². The molecule has 0 spiro atoms. The van der Waals surface area contributed by atoms with E-state index >= 15 is 0 Å². The fourth-order valence-corrected chi connectivity index (χ4v) is 7.50. The molecule has 2 fully saturated rings. The zero-order chi connectivity index (χ0) is 42.1. The van der Waals surface area contributed by atoms with Crippen molar-refractivity contribution >= 4 is 41.2 Å². The maximum absolute atomic E-state index is 14.2. The summed E-state index contributed by atoms with van der Waals surface area (Å²) in [7, 11) is 6.09. The van der Waals surface area contributed by atoms with Crippen molar-refractivity contribution in [3.8, 4) is 5.75 Å². The summed E-state index contributed by atoms with van der Waals surface area (Å²) in [4.78, 5) is 57.2. The predicted octanol–water partition coefficient (Wildman–Crippen LogP) is 6.37. The van der Waals surface area contributed by atoms with Crippen molar-refractivity contribution in [3.63, 3.8) is 0 Å². The van der Waals surface area contributed by atoms with Crippen LogP contribution in [0.4, 0.5) is 10.5 Å². The Balaban J connectivity index is 1.71. The number of likely N-dealkylation sites (N-methyl/N-ethyl adjacent to an activating group) is 1. The first-order valence-corrected chi connectivity index (χ1v) is 19.6. The van der Waals surface area contributed by atoms with Crippen LogP contribution in [0.5, 0.6) is 5.75 Å². The van der Waals surface area contributed by atoms with E-state index in [0.717, 1.165) is 11.1 Å². The second-order valence-corrected chi connectivity index (χ2v) is 17.9. The third kappa shape index (κ3) is 9.71. The van der Waals surface area contributed by atoms with Gasteiger partial charge in [0.15, 0.2) is 5.72 Å². The van der Waals surface area contributed by atoms with Gasteiger partial charge in [-0.15, -0.1) is 0 Å². The molecule has 0 unspecified atom stereocenters. The molecule has 0 aliphatic carbocycles. The van der Waals surface area contributed by atoms with Crippen LogP contribution in [0, 0.1) is 16.7 Å². The second-order valence-electron chi connectivity index (χ2n) is 17.5. The Hall–Kier alpha value is -3.65. The topological polar surface area (TPSA) is 156 Å². The van der Waals surface area contributed by atoms with Gasteiger partial charge in [0.05, 0.1) is 25.3 Å². The summed E-state index contributed by atoms with van der Waals surface area (Å²) in [6, 6.07) is 2.62. The maximum atomic E-state index is 14.2. The Morgan fingerprint density at radius 3 is 2.45 bits per heavy atom. The highest BCUT2D eigenvalue weighted by Gasteiger charge is 2.64. The quantitative estimate of drug-likeness (QED) is 0.224. The molecule has 3 heterocycles. The summed E-state index contributed by atoms with van der Waals surface area (Å²) >= 11 is 6.79. The van der Waals surface area contributed by atoms with Crippen LogP contribution in [-0.4, -0.2) is 104 Å². The normalized spacial score (nSPS) is 30.8. The zero-order valence-corrected chi connectivity index (χ0v) is 36.0. The van der Waals surface area contributed by atoms with Crippen molar-refractivity contribution in [3.05, 3.63) is 46.5 Å². The number of benzene rings is 1. The predicted molar refractivity (Wildman–Crippen MR) is 213 cm³/mol. The number of hydrogen-bond acceptors (Lipinski definition) is 10. The third-order valence-corrected chi connectivity index (χ3v) is 12.9. The molecule has 13 nitrogen and oxygen atoms in total. The summed E-state index contributed by atoms with van der Waals surface area (Å²) in [5, 5.41) is 14.5. The van der Waals surface area contributed by atoms with Gasteiger partial charge in [0.2, 0.25) is 11.8 Å². The van der Waals surface area contributed by atoms with E-state index in [4.69, 9.17) is 35.3 Å². The van der Waals surface area contributed by atoms with E-state index < -0.39 is 65.7 Å². The van der Waals surface area contributed by atoms with Crippen molar-refractivity contribution < 1.29 is 48.0 Å². The van der Waals surface area contributed by atoms with Gasteiger partial charge in [-0.3, -0.25) is 14.9 Å². The lowest BCUT2D eigenvalue weighted by Gasteiger charge is -2.42. The molecule has 4 rings (SSSR count). The molecule has 8 atom stereocenters. The number of allylic oxidation sites excluding steroid dienone is 3. The monoisotopic (exact) mass is 803 g/mol. The molecule has 3 amide bonds. The molecule has 0 saturated carbocycles. The highest BCUT2D eigenvalue weighted by Crippen LogP contribution is 2.49. The van der Waals surface area contributed by atoms with Crippen LogP contribution in [0.15, 0.2) is 35.9 Å². The largest absolute Gasteiger partial charge is 0.495 e. The number of esters is 1. The van der Waals surface area contributed by atoms with E-state index in [2.05, 4.69) is 39.9 Å². The fourth-order valence-electron chi connectivity index (χ4n) is 7.19. The summed E-state index contributed by atoms with van der Waals surface area (Å²) < 4.78 is 29.4. The SMILES string of the molecule is COc1cc2cc(c1Cl)N(C)C(=O)C[C@H](OC(=O)[C@H](C)N(C)C(=O)CCC(C)(C)C(C)(C)C)[C@@]1(C)O[C@H]1[C@H](C)[C@@H]1C[C@@](O)(NC(=O)O1)[C@H](OC)/C=C/C=C(\C)C2. The van der Waals surface area contributed by atoms with Crippen LogP contribution < -0.4 is 15.0 Å². The minimum absolute atomic E-state index is 0.0359. The molecule has 312 valence electrons. The number of alkyl carbamates (subject to hydrolysis) is 1. The number of amides is 3. The number of epoxide rings is 1. The van der Waals surface area contributed by atoms with E-state index in [9.17, 15) is 24.3 Å². The van der Waals surface area contributed by atoms with Gasteiger partial charge < -0.3 is 38.6 Å². The van der Waals surface area contributed by atoms with E-state index in [-0.39, 0.29) is 41.0 Å². The smallest absolute Gasteiger partial charge is 0.409 e. The van der Waals surface area contributed by atoms with Crippen LogP contribution in [-0.2, 0) is 39.8 Å². The molecule has 2 N–H and O–H groups in total. The van der Waals surface area contributed by atoms with Gasteiger partial charge >= 0.3 is 12.1 Å². The van der Waals surface area contributed by atoms with Gasteiger partial charge in [-0.25, -0.2) is 9.59 Å². The molecule has 1 aromatic carbocycles. The highest BCUT2D eigenvalue weighted by atomic mass is 35.5. The number of aliphatic hydroxyl groups is 1. The summed E-state index contributed by atoms with van der Waals surface area (Å²) in [6.45, 7) is 17.7. The number of fused-ring (bicyclic) bond motifs is 5. The molecular formula is C42H62ClN3O10. The number of methoxy groups -OCH3 is 2. The highest BCUT2D eigenvalue weighted by molar-refractivity contribution is 6.35. The maximum Gasteiger partial charge on any atom is 0.409 e. The van der Waals surface area contributed by atoms with Crippen molar-refractivity contribution in [1.29, 1.82) is 0 Å². The number of hydrogen-bond donors (Lipinski definition) is 2. The first kappa shape index (κ1) is 45.1. The van der Waals surface area contributed by atoms with Crippen LogP contribution in [0.3, 0.4) is 0 Å². The van der Waals surface area contributed by atoms with Gasteiger partial charge in [-0.05, 0) is 62.1 Å². The zero-order valence-electron chi connectivity index (χ0n) is 35.3. The lowest BCUT2D eigenvalue weighted by molar-refractivity contribution is -0.162. The van der Waals surface area contributed by atoms with Gasteiger partial charge in [0.25, 0.3) is 0 Å². The van der Waals surface area contributed by atoms with Crippen molar-refractivity contribution in [2.45, 2.75) is 136 Å². The fraction of sp³-hybridized carbons (Fsp3) is 0.667. The minimum atomic E-state index is -1.83. The average molecular weight is 804 g/mol. The summed E-state index contributed by atoms with van der Waals surface area (Å²) in [5.74, 6) is -1.49. The number of nitrogens with zero attached hydrogens (tertiary/aromatic N) is 2. The lowest BCUT2D eigenvalue weighted by atomic mass is 9.67. The van der Waals surface area contributed by atoms with Crippen molar-refractivity contribution in [2.75, 3.05) is 33.2 Å². The van der Waals surface area contributed by atoms with Gasteiger partial charge in [-0.2, -0.15) is 0 Å². The Morgan fingerprint density at radius 1 is 1.18 bits per heavy atom. The van der Waals surface area contributed by atoms with Crippen molar-refractivity contribution in [1.82, 2.24) is 10.2 Å². The molecule has 2 saturated heterocycles. The molecular weight excluding hydrogens is 742 g/mol. The molecule has 0 aromatic heterocycles. The molecule has 3 aliphatic heterocycles. The Morgan fingerprint density at radius 2 is 1.84 bits per heavy atom. The Labute approximate surface area is 337 Å². The van der Waals surface area contributed by atoms with Crippen LogP contribution in [0.2, 0.25) is 5.02 Å². The van der Waals surface area contributed by atoms with E-state index in [1.165, 1.54) is 24.0 Å². The van der Waals surface area contributed by atoms with E-state index in [1.54, 1.807) is 52.2 Å². The van der Waals surface area contributed by atoms with Crippen LogP contribution in [0.1, 0.15) is 93.6 Å². The summed E-state index contributed by atoms with van der Waals surface area (Å²) in [5.41, 5.74) is -1.07. The molecule has 1 aromatic rings. The lowest BCUT2D eigenvalue weighted by Crippen LogP contribution is -2.63. The molecule has 4 bridgehead atoms. The molecule has 56 heavy (non-hydrogen) atoms. The number of carbonyl (C=O) groups is 4. The van der Waals surface area contributed by atoms with Gasteiger partial charge in [0, 0.05) is 40.0 Å². The number of rotatable bonds is 8. The third-order valence-electron chi connectivity index (χ3n) is 12.5. The number of carbonyl (C=O) groups excluding carboxylic acids is 4. The van der Waals surface area contributed by atoms with E-state index in [1.807, 2.05) is 19.9 Å². The number of anilines is 1. The van der Waals surface area contributed by atoms with Gasteiger partial charge in [0.1, 0.15) is 40.7 Å². The minimum Gasteiger partial charge on any atom is -0.495 e. The second kappa shape index (κ2) is 17.1. The Kier molecular flexibility index (Phi) is 13.7.